The number of nitrogens with one attached hydrogen (secondary N) is 2. The fourth-order valence-corrected chi connectivity index (χ4v) is 4.57. The van der Waals surface area contributed by atoms with Crippen LogP contribution < -0.4 is 16.4 Å². The maximum atomic E-state index is 12.5. The van der Waals surface area contributed by atoms with Crippen LogP contribution in [-0.2, 0) is 14.4 Å². The molecule has 2 fully saturated rings. The van der Waals surface area contributed by atoms with E-state index in [1.165, 1.54) is 0 Å². The molecule has 3 amide bonds. The average Bonchev–Trinajstić information content (AvgIpc) is 2.78. The van der Waals surface area contributed by atoms with Gasteiger partial charge in [0.15, 0.2) is 0 Å². The minimum Gasteiger partial charge on any atom is -0.368 e. The van der Waals surface area contributed by atoms with Gasteiger partial charge in [-0.3, -0.25) is 14.4 Å². The summed E-state index contributed by atoms with van der Waals surface area (Å²) < 4.78 is 0. The number of hydrogen-bond donors (Lipinski definition) is 3. The van der Waals surface area contributed by atoms with Gasteiger partial charge in [0.1, 0.15) is 12.1 Å². The number of primary amides is 1. The van der Waals surface area contributed by atoms with Gasteiger partial charge in [0.2, 0.25) is 18.2 Å². The molecule has 0 radical (unpaired) electrons. The van der Waals surface area contributed by atoms with Crippen LogP contribution in [0.5, 0.6) is 0 Å². The van der Waals surface area contributed by atoms with Crippen LogP contribution in [0.3, 0.4) is 0 Å². The normalized spacial score (nSPS) is 26.5. The van der Waals surface area contributed by atoms with Gasteiger partial charge in [0, 0.05) is 6.04 Å². The smallest absolute Gasteiger partial charge is 0.246 e. The Morgan fingerprint density at radius 1 is 1.38 bits per heavy atom. The molecule has 0 aromatic carbocycles. The third-order valence-corrected chi connectivity index (χ3v) is 5.66. The molecule has 0 aliphatic carbocycles. The van der Waals surface area contributed by atoms with Crippen molar-refractivity contribution in [2.45, 2.75) is 77.9 Å². The van der Waals surface area contributed by atoms with E-state index in [9.17, 15) is 14.4 Å². The van der Waals surface area contributed by atoms with Crippen molar-refractivity contribution in [1.82, 2.24) is 15.5 Å². The molecule has 0 saturated carbocycles. The maximum absolute atomic E-state index is 12.5. The summed E-state index contributed by atoms with van der Waals surface area (Å²) in [6.07, 6.45) is 1.86. The Bertz CT molecular complexity index is 471. The van der Waals surface area contributed by atoms with Crippen molar-refractivity contribution < 1.29 is 14.4 Å². The molecule has 4 N–H and O–H groups in total. The lowest BCUT2D eigenvalue weighted by molar-refractivity contribution is -0.141. The number of amides is 3. The van der Waals surface area contributed by atoms with Gasteiger partial charge in [-0.2, -0.15) is 0 Å². The first-order chi connectivity index (χ1) is 12.2. The van der Waals surface area contributed by atoms with E-state index in [1.807, 2.05) is 34.7 Å². The summed E-state index contributed by atoms with van der Waals surface area (Å²) in [5.41, 5.74) is 5.15. The summed E-state index contributed by atoms with van der Waals surface area (Å²) >= 11 is 1.65. The number of fused-ring (bicyclic) bond motifs is 1. The Balaban J connectivity index is 0.000000772. The highest BCUT2D eigenvalue weighted by atomic mass is 32.2. The van der Waals surface area contributed by atoms with Gasteiger partial charge in [-0.15, -0.1) is 11.8 Å². The molecule has 152 valence electrons. The molecule has 2 rings (SSSR count). The first-order valence-corrected chi connectivity index (χ1v) is 10.3. The second-order valence-electron chi connectivity index (χ2n) is 7.14. The van der Waals surface area contributed by atoms with E-state index in [-0.39, 0.29) is 16.7 Å². The lowest BCUT2D eigenvalue weighted by atomic mass is 9.84. The van der Waals surface area contributed by atoms with E-state index < -0.39 is 18.0 Å². The lowest BCUT2D eigenvalue weighted by Crippen LogP contribution is -2.55. The third kappa shape index (κ3) is 6.46. The molecule has 0 bridgehead atoms. The van der Waals surface area contributed by atoms with Crippen LogP contribution in [0.15, 0.2) is 0 Å². The summed E-state index contributed by atoms with van der Waals surface area (Å²) in [4.78, 5) is 36.4. The average molecular weight is 389 g/mol. The quantitative estimate of drug-likeness (QED) is 0.630. The Morgan fingerprint density at radius 3 is 2.35 bits per heavy atom. The second-order valence-corrected chi connectivity index (χ2v) is 8.42. The van der Waals surface area contributed by atoms with E-state index >= 15 is 0 Å². The number of hydrogen-bond acceptors (Lipinski definition) is 5. The van der Waals surface area contributed by atoms with Gasteiger partial charge in [-0.25, -0.2) is 0 Å². The summed E-state index contributed by atoms with van der Waals surface area (Å²) in [6, 6.07) is -0.521. The van der Waals surface area contributed by atoms with Crippen molar-refractivity contribution in [3.05, 3.63) is 0 Å². The van der Waals surface area contributed by atoms with Crippen LogP contribution in [-0.4, -0.2) is 59.4 Å². The van der Waals surface area contributed by atoms with Crippen LogP contribution in [0.25, 0.3) is 0 Å². The van der Waals surface area contributed by atoms with Crippen molar-refractivity contribution in [2.24, 2.45) is 11.1 Å². The van der Waals surface area contributed by atoms with Crippen LogP contribution in [0.2, 0.25) is 0 Å². The van der Waals surface area contributed by atoms with E-state index in [2.05, 4.69) is 24.5 Å². The number of carbonyl (C=O) groups is 3. The number of rotatable bonds is 4. The van der Waals surface area contributed by atoms with Gasteiger partial charge in [0.25, 0.3) is 0 Å². The van der Waals surface area contributed by atoms with Crippen molar-refractivity contribution in [1.29, 1.82) is 0 Å². The molecular weight excluding hydrogens is 352 g/mol. The van der Waals surface area contributed by atoms with E-state index in [4.69, 9.17) is 5.73 Å². The van der Waals surface area contributed by atoms with Gasteiger partial charge in [-0.05, 0) is 31.1 Å². The van der Waals surface area contributed by atoms with Crippen LogP contribution in [0.1, 0.15) is 54.4 Å². The van der Waals surface area contributed by atoms with Crippen molar-refractivity contribution in [3.8, 4) is 0 Å². The molecule has 2 aliphatic rings. The molecule has 2 aliphatic heterocycles. The third-order valence-electron chi connectivity index (χ3n) is 4.41. The van der Waals surface area contributed by atoms with E-state index in [1.54, 1.807) is 16.7 Å². The Morgan fingerprint density at radius 2 is 1.92 bits per heavy atom. The predicted molar refractivity (Wildman–Crippen MR) is 108 cm³/mol. The zero-order chi connectivity index (χ0) is 20.5. The van der Waals surface area contributed by atoms with E-state index in [0.29, 0.717) is 18.9 Å². The number of carbonyl (C=O) groups excluding carboxylic acids is 3. The van der Waals surface area contributed by atoms with Gasteiger partial charge in [0.05, 0.1) is 5.37 Å². The SMILES string of the molecule is CC.CC1(C)CC2SCCC(NC=O)C(=O)N2C1C(N)=O.CNC(C)C. The lowest BCUT2D eigenvalue weighted by Gasteiger charge is -2.32. The highest BCUT2D eigenvalue weighted by Crippen LogP contribution is 2.45. The largest absolute Gasteiger partial charge is 0.368 e. The first-order valence-electron chi connectivity index (χ1n) is 9.25. The van der Waals surface area contributed by atoms with Gasteiger partial charge in [-0.1, -0.05) is 41.5 Å². The first kappa shape index (κ1) is 24.7. The fraction of sp³-hybridized carbons (Fsp3) is 0.833. The predicted octanol–water partition coefficient (Wildman–Crippen LogP) is 1.32. The fourth-order valence-electron chi connectivity index (χ4n) is 3.00. The molecule has 3 unspecified atom stereocenters. The minimum atomic E-state index is -0.605. The zero-order valence-electron chi connectivity index (χ0n) is 17.2. The molecule has 0 spiro atoms. The molecule has 0 aromatic heterocycles. The highest BCUT2D eigenvalue weighted by Gasteiger charge is 2.53. The molecular formula is C18H36N4O3S. The molecule has 2 saturated heterocycles. The Labute approximate surface area is 162 Å². The van der Waals surface area contributed by atoms with Crippen LogP contribution >= 0.6 is 11.8 Å². The van der Waals surface area contributed by atoms with Crippen LogP contribution in [0, 0.1) is 5.41 Å². The number of thioether (sulfide) groups is 1. The van der Waals surface area contributed by atoms with Gasteiger partial charge < -0.3 is 21.3 Å². The highest BCUT2D eigenvalue weighted by molar-refractivity contribution is 7.99. The van der Waals surface area contributed by atoms with Crippen molar-refractivity contribution >= 4 is 30.0 Å². The van der Waals surface area contributed by atoms with Gasteiger partial charge >= 0.3 is 0 Å². The zero-order valence-corrected chi connectivity index (χ0v) is 18.0. The standard InChI is InChI=1S/C12H19N3O3S.C4H11N.C2H6/c1-12(2)5-8-15(9(12)10(13)17)11(18)7(14-6-16)3-4-19-8;1-4(2)5-3;1-2/h6-9H,3-5H2,1-2H3,(H2,13,17)(H,14,16);4-5H,1-3H3;1-2H3. The van der Waals surface area contributed by atoms with Crippen molar-refractivity contribution in [2.75, 3.05) is 12.8 Å². The van der Waals surface area contributed by atoms with E-state index in [0.717, 1.165) is 12.2 Å². The molecule has 26 heavy (non-hydrogen) atoms. The minimum absolute atomic E-state index is 0.0292. The van der Waals surface area contributed by atoms with Crippen LogP contribution in [0.4, 0.5) is 0 Å². The summed E-state index contributed by atoms with van der Waals surface area (Å²) in [6.45, 7) is 12.1. The summed E-state index contributed by atoms with van der Waals surface area (Å²) in [7, 11) is 1.95. The molecule has 2 heterocycles. The Kier molecular flexibility index (Phi) is 10.9. The Hall–Kier alpha value is -1.28. The maximum Gasteiger partial charge on any atom is 0.246 e. The second kappa shape index (κ2) is 11.4. The topological polar surface area (TPSA) is 105 Å². The molecule has 3 atom stereocenters. The number of nitrogens with two attached hydrogens (primary N) is 1. The molecule has 8 heteroatoms. The van der Waals surface area contributed by atoms with Crippen molar-refractivity contribution in [3.63, 3.8) is 0 Å². The number of nitrogens with zero attached hydrogens (tertiary/aromatic N) is 1. The molecule has 0 aromatic rings. The molecule has 7 nitrogen and oxygen atoms in total. The summed E-state index contributed by atoms with van der Waals surface area (Å²) in [5, 5.41) is 5.54. The summed E-state index contributed by atoms with van der Waals surface area (Å²) in [5.74, 6) is 0.102. The monoisotopic (exact) mass is 388 g/mol.